The molecule has 0 aliphatic carbocycles. The average Bonchev–Trinajstić information content (AvgIpc) is 3.21. The Morgan fingerprint density at radius 1 is 1.21 bits per heavy atom. The van der Waals surface area contributed by atoms with Crippen LogP contribution >= 0.6 is 11.8 Å². The van der Waals surface area contributed by atoms with E-state index in [-0.39, 0.29) is 5.41 Å². The maximum absolute atomic E-state index is 5.60. The standard InChI is InChI=1S/C16H20N6OS/c1-16(2,3)13-8-11(19-20-13)9-18-15-22-21-14(23-15)10-24-12-4-6-17-7-5-12/h4-8H,9-10H2,1-3H3,(H,18,22)(H,19,20). The Hall–Kier alpha value is -2.35. The van der Waals surface area contributed by atoms with E-state index in [1.165, 1.54) is 0 Å². The van der Waals surface area contributed by atoms with Gasteiger partial charge in [-0.15, -0.1) is 16.9 Å². The molecule has 0 aliphatic heterocycles. The number of nitrogens with zero attached hydrogens (tertiary/aromatic N) is 4. The fourth-order valence-corrected chi connectivity index (χ4v) is 2.69. The molecule has 3 heterocycles. The Kier molecular flexibility index (Phi) is 4.84. The summed E-state index contributed by atoms with van der Waals surface area (Å²) >= 11 is 1.63. The Morgan fingerprint density at radius 3 is 2.71 bits per heavy atom. The maximum atomic E-state index is 5.60. The van der Waals surface area contributed by atoms with Gasteiger partial charge in [0, 0.05) is 22.7 Å². The summed E-state index contributed by atoms with van der Waals surface area (Å²) in [5.74, 6) is 1.20. The summed E-state index contributed by atoms with van der Waals surface area (Å²) in [6.07, 6.45) is 3.53. The van der Waals surface area contributed by atoms with Crippen LogP contribution in [0.1, 0.15) is 38.0 Å². The van der Waals surface area contributed by atoms with Crippen molar-refractivity contribution in [2.24, 2.45) is 0 Å². The van der Waals surface area contributed by atoms with Crippen molar-refractivity contribution < 1.29 is 4.42 Å². The van der Waals surface area contributed by atoms with Crippen LogP contribution in [-0.4, -0.2) is 25.4 Å². The van der Waals surface area contributed by atoms with E-state index in [1.807, 2.05) is 18.2 Å². The monoisotopic (exact) mass is 344 g/mol. The number of aromatic nitrogens is 5. The van der Waals surface area contributed by atoms with Crippen molar-refractivity contribution in [3.63, 3.8) is 0 Å². The number of nitrogens with one attached hydrogen (secondary N) is 2. The fraction of sp³-hybridized carbons (Fsp3) is 0.375. The molecule has 0 atom stereocenters. The van der Waals surface area contributed by atoms with Crippen molar-refractivity contribution in [1.29, 1.82) is 0 Å². The van der Waals surface area contributed by atoms with Gasteiger partial charge in [-0.05, 0) is 18.2 Å². The topological polar surface area (TPSA) is 92.5 Å². The van der Waals surface area contributed by atoms with Gasteiger partial charge < -0.3 is 9.73 Å². The smallest absolute Gasteiger partial charge is 0.315 e. The molecule has 8 heteroatoms. The largest absolute Gasteiger partial charge is 0.407 e. The van der Waals surface area contributed by atoms with Gasteiger partial charge in [-0.1, -0.05) is 25.9 Å². The Balaban J connectivity index is 1.52. The Bertz CT molecular complexity index is 777. The highest BCUT2D eigenvalue weighted by molar-refractivity contribution is 7.98. The molecule has 0 bridgehead atoms. The SMILES string of the molecule is CC(C)(C)c1cc(CNc2nnc(CSc3ccncc3)o2)[nH]n1. The molecule has 7 nitrogen and oxygen atoms in total. The number of hydrogen-bond acceptors (Lipinski definition) is 7. The number of anilines is 1. The molecule has 3 aromatic heterocycles. The van der Waals surface area contributed by atoms with Crippen molar-refractivity contribution in [1.82, 2.24) is 25.4 Å². The molecule has 3 aromatic rings. The van der Waals surface area contributed by atoms with Crippen molar-refractivity contribution in [2.45, 2.75) is 43.4 Å². The lowest BCUT2D eigenvalue weighted by Gasteiger charge is -2.13. The average molecular weight is 344 g/mol. The van der Waals surface area contributed by atoms with E-state index >= 15 is 0 Å². The van der Waals surface area contributed by atoms with Gasteiger partial charge in [0.1, 0.15) is 0 Å². The van der Waals surface area contributed by atoms with Crippen LogP contribution in [0.5, 0.6) is 0 Å². The minimum atomic E-state index is 0.0244. The van der Waals surface area contributed by atoms with E-state index in [2.05, 4.69) is 51.5 Å². The first-order valence-electron chi connectivity index (χ1n) is 7.64. The second-order valence-electron chi connectivity index (χ2n) is 6.35. The first-order valence-corrected chi connectivity index (χ1v) is 8.63. The Morgan fingerprint density at radius 2 is 2.00 bits per heavy atom. The number of rotatable bonds is 6. The zero-order valence-corrected chi connectivity index (χ0v) is 14.7. The number of thioether (sulfide) groups is 1. The second-order valence-corrected chi connectivity index (χ2v) is 7.40. The number of hydrogen-bond donors (Lipinski definition) is 2. The van der Waals surface area contributed by atoms with Crippen LogP contribution in [0.3, 0.4) is 0 Å². The lowest BCUT2D eigenvalue weighted by molar-refractivity contribution is 0.526. The van der Waals surface area contributed by atoms with E-state index in [1.54, 1.807) is 24.2 Å². The van der Waals surface area contributed by atoms with Crippen molar-refractivity contribution >= 4 is 17.8 Å². The number of H-pyrrole nitrogens is 1. The van der Waals surface area contributed by atoms with E-state index in [4.69, 9.17) is 4.42 Å². The third kappa shape index (κ3) is 4.35. The second kappa shape index (κ2) is 7.04. The predicted molar refractivity (Wildman–Crippen MR) is 92.7 cm³/mol. The molecule has 126 valence electrons. The molecule has 0 aromatic carbocycles. The fourth-order valence-electron chi connectivity index (χ4n) is 1.97. The molecular weight excluding hydrogens is 324 g/mol. The van der Waals surface area contributed by atoms with Crippen LogP contribution < -0.4 is 5.32 Å². The van der Waals surface area contributed by atoms with E-state index in [0.29, 0.717) is 24.2 Å². The zero-order chi connectivity index (χ0) is 17.0. The van der Waals surface area contributed by atoms with Crippen molar-refractivity contribution in [3.8, 4) is 0 Å². The molecule has 0 saturated heterocycles. The van der Waals surface area contributed by atoms with Crippen LogP contribution in [0.2, 0.25) is 0 Å². The molecule has 3 rings (SSSR count). The van der Waals surface area contributed by atoms with Gasteiger partial charge >= 0.3 is 6.01 Å². The molecule has 0 aliphatic rings. The van der Waals surface area contributed by atoms with Crippen molar-refractivity contribution in [3.05, 3.63) is 47.9 Å². The van der Waals surface area contributed by atoms with E-state index in [0.717, 1.165) is 16.3 Å². The molecule has 24 heavy (non-hydrogen) atoms. The highest BCUT2D eigenvalue weighted by Gasteiger charge is 2.17. The summed E-state index contributed by atoms with van der Waals surface area (Å²) in [7, 11) is 0. The van der Waals surface area contributed by atoms with Crippen LogP contribution in [0.4, 0.5) is 6.01 Å². The molecule has 0 radical (unpaired) electrons. The summed E-state index contributed by atoms with van der Waals surface area (Å²) in [6, 6.07) is 6.35. The summed E-state index contributed by atoms with van der Waals surface area (Å²) in [5, 5.41) is 18.5. The van der Waals surface area contributed by atoms with Gasteiger partial charge in [-0.25, -0.2) is 0 Å². The molecular formula is C16H20N6OS. The Labute approximate surface area is 144 Å². The van der Waals surface area contributed by atoms with Gasteiger partial charge in [0.2, 0.25) is 5.89 Å². The summed E-state index contributed by atoms with van der Waals surface area (Å²) in [4.78, 5) is 5.11. The lowest BCUT2D eigenvalue weighted by atomic mass is 9.92. The molecule has 0 fully saturated rings. The van der Waals surface area contributed by atoms with Crippen LogP contribution in [-0.2, 0) is 17.7 Å². The first kappa shape index (κ1) is 16.5. The predicted octanol–water partition coefficient (Wildman–Crippen LogP) is 3.39. The maximum Gasteiger partial charge on any atom is 0.315 e. The van der Waals surface area contributed by atoms with E-state index in [9.17, 15) is 0 Å². The quantitative estimate of drug-likeness (QED) is 0.662. The van der Waals surface area contributed by atoms with Gasteiger partial charge in [0.05, 0.1) is 23.7 Å². The zero-order valence-electron chi connectivity index (χ0n) is 13.9. The normalized spacial score (nSPS) is 11.6. The highest BCUT2D eigenvalue weighted by Crippen LogP contribution is 2.22. The molecule has 2 N–H and O–H groups in total. The molecule has 0 amide bonds. The highest BCUT2D eigenvalue weighted by atomic mass is 32.2. The third-order valence-electron chi connectivity index (χ3n) is 3.31. The third-order valence-corrected chi connectivity index (χ3v) is 4.31. The minimum Gasteiger partial charge on any atom is -0.407 e. The van der Waals surface area contributed by atoms with Gasteiger partial charge in [-0.3, -0.25) is 10.1 Å². The van der Waals surface area contributed by atoms with Crippen LogP contribution in [0.15, 0.2) is 39.9 Å². The summed E-state index contributed by atoms with van der Waals surface area (Å²) in [6.45, 7) is 6.95. The van der Waals surface area contributed by atoms with Crippen LogP contribution in [0.25, 0.3) is 0 Å². The van der Waals surface area contributed by atoms with Gasteiger partial charge in [-0.2, -0.15) is 5.10 Å². The summed E-state index contributed by atoms with van der Waals surface area (Å²) in [5.41, 5.74) is 2.03. The first-order chi connectivity index (χ1) is 11.5. The summed E-state index contributed by atoms with van der Waals surface area (Å²) < 4.78 is 5.60. The van der Waals surface area contributed by atoms with E-state index < -0.39 is 0 Å². The molecule has 0 spiro atoms. The van der Waals surface area contributed by atoms with Gasteiger partial charge in [0.15, 0.2) is 0 Å². The number of aromatic amines is 1. The number of pyridine rings is 1. The van der Waals surface area contributed by atoms with Crippen LogP contribution in [0, 0.1) is 0 Å². The van der Waals surface area contributed by atoms with Gasteiger partial charge in [0.25, 0.3) is 0 Å². The molecule has 0 unspecified atom stereocenters. The minimum absolute atomic E-state index is 0.0244. The lowest BCUT2D eigenvalue weighted by Crippen LogP contribution is -2.11. The molecule has 0 saturated carbocycles. The van der Waals surface area contributed by atoms with Crippen molar-refractivity contribution in [2.75, 3.05) is 5.32 Å².